The van der Waals surface area contributed by atoms with Crippen LogP contribution in [0.15, 0.2) is 90.0 Å². The third kappa shape index (κ3) is 7.22. The number of carboxylic acid groups (broad SMARTS) is 1. The molecular weight excluding hydrogens is 687 g/mol. The molecule has 3 amide bonds. The van der Waals surface area contributed by atoms with Crippen LogP contribution < -0.4 is 16.4 Å². The maximum absolute atomic E-state index is 14.7. The number of hydrogen-bond donors (Lipinski definition) is 5. The molecule has 5 rings (SSSR count). The molecule has 1 aromatic heterocycles. The van der Waals surface area contributed by atoms with Crippen LogP contribution in [-0.4, -0.2) is 78.3 Å². The number of allylic oxidation sites excluding steroid dienone is 1. The Balaban J connectivity index is 1.57. The molecule has 0 radical (unpaired) electrons. The molecule has 6 N–H and O–H groups in total. The first-order chi connectivity index (χ1) is 23.7. The zero-order chi connectivity index (χ0) is 36.4. The van der Waals surface area contributed by atoms with Crippen LogP contribution in [0.25, 0.3) is 0 Å². The van der Waals surface area contributed by atoms with E-state index in [4.69, 9.17) is 15.2 Å². The van der Waals surface area contributed by atoms with Crippen molar-refractivity contribution in [3.8, 4) is 0 Å². The fraction of sp³-hybridized carbons (Fsp3) is 0.294. The number of β-lactam (4-membered cyclic amide) rings is 1. The molecule has 14 nitrogen and oxygen atoms in total. The van der Waals surface area contributed by atoms with E-state index in [0.717, 1.165) is 34.1 Å². The first-order valence-electron chi connectivity index (χ1n) is 15.3. The Morgan fingerprint density at radius 1 is 1.10 bits per heavy atom. The number of hydrogen-bond acceptors (Lipinski definition) is 12. The Morgan fingerprint density at radius 3 is 2.20 bits per heavy atom. The number of anilines is 1. The lowest BCUT2D eigenvalue weighted by Crippen LogP contribution is -2.73. The van der Waals surface area contributed by atoms with E-state index in [1.165, 1.54) is 5.38 Å². The number of thioether (sulfide) groups is 1. The van der Waals surface area contributed by atoms with E-state index in [2.05, 4.69) is 22.2 Å². The normalized spacial score (nSPS) is 20.7. The summed E-state index contributed by atoms with van der Waals surface area (Å²) in [7, 11) is 0. The molecule has 3 heterocycles. The molecule has 3 unspecified atom stereocenters. The Morgan fingerprint density at radius 2 is 1.70 bits per heavy atom. The summed E-state index contributed by atoms with van der Waals surface area (Å²) >= 11 is 1.79. The molecule has 0 aliphatic carbocycles. The Kier molecular flexibility index (Phi) is 10.4. The number of nitrogens with zero attached hydrogens (tertiary/aromatic N) is 2. The first kappa shape index (κ1) is 36.1. The second kappa shape index (κ2) is 14.3. The zero-order valence-corrected chi connectivity index (χ0v) is 28.8. The number of carbonyl (C=O) groups excluding carboxylic acids is 4. The van der Waals surface area contributed by atoms with Gasteiger partial charge in [-0.15, -0.1) is 23.1 Å². The van der Waals surface area contributed by atoms with E-state index in [1.54, 1.807) is 81.4 Å². The summed E-state index contributed by atoms with van der Waals surface area (Å²) < 4.78 is 9.60. The van der Waals surface area contributed by atoms with Crippen molar-refractivity contribution in [2.45, 2.75) is 54.7 Å². The summed E-state index contributed by atoms with van der Waals surface area (Å²) in [5.41, 5.74) is 5.07. The summed E-state index contributed by atoms with van der Waals surface area (Å²) in [6.45, 7) is 8.15. The lowest BCUT2D eigenvalue weighted by Gasteiger charge is -2.54. The number of aromatic nitrogens is 1. The number of nitrogens with one attached hydrogen (secondary N) is 2. The maximum atomic E-state index is 14.7. The Bertz CT molecular complexity index is 1800. The van der Waals surface area contributed by atoms with E-state index < -0.39 is 76.1 Å². The molecule has 1 saturated heterocycles. The van der Waals surface area contributed by atoms with Gasteiger partial charge in [-0.25, -0.2) is 14.6 Å². The van der Waals surface area contributed by atoms with Gasteiger partial charge in [-0.05, 0) is 31.9 Å². The molecule has 0 saturated carbocycles. The van der Waals surface area contributed by atoms with Crippen LogP contribution in [-0.2, 0) is 28.7 Å². The number of carboxylic acids is 1. The van der Waals surface area contributed by atoms with Gasteiger partial charge in [0.05, 0.1) is 12.2 Å². The number of amides is 3. The van der Waals surface area contributed by atoms with Crippen LogP contribution >= 0.6 is 23.1 Å². The maximum Gasteiger partial charge on any atom is 0.407 e. The number of thiazole rings is 1. The first-order valence-corrected chi connectivity index (χ1v) is 17.0. The van der Waals surface area contributed by atoms with E-state index in [-0.39, 0.29) is 16.4 Å². The van der Waals surface area contributed by atoms with Gasteiger partial charge in [0, 0.05) is 11.0 Å². The number of benzene rings is 2. The lowest BCUT2D eigenvalue weighted by molar-refractivity contribution is -0.153. The topological polar surface area (TPSA) is 210 Å². The van der Waals surface area contributed by atoms with Crippen molar-refractivity contribution in [2.75, 3.05) is 12.3 Å². The van der Waals surface area contributed by atoms with Gasteiger partial charge in [-0.3, -0.25) is 19.3 Å². The lowest BCUT2D eigenvalue weighted by atomic mass is 9.91. The minimum atomic E-state index is -2.04. The van der Waals surface area contributed by atoms with Crippen LogP contribution in [0.3, 0.4) is 0 Å². The highest BCUT2D eigenvalue weighted by atomic mass is 32.2. The number of carbonyl (C=O) groups is 5. The van der Waals surface area contributed by atoms with Gasteiger partial charge in [0.1, 0.15) is 22.7 Å². The molecule has 16 heteroatoms. The summed E-state index contributed by atoms with van der Waals surface area (Å²) in [6, 6.07) is 16.3. The third-order valence-electron chi connectivity index (χ3n) is 7.71. The minimum Gasteiger partial charge on any atom is -0.477 e. The molecule has 2 aliphatic rings. The number of alkyl carbamates (subject to hydrolysis) is 1. The zero-order valence-electron chi connectivity index (χ0n) is 27.2. The fourth-order valence-electron chi connectivity index (χ4n) is 5.48. The smallest absolute Gasteiger partial charge is 0.407 e. The molecule has 0 spiro atoms. The predicted molar refractivity (Wildman–Crippen MR) is 184 cm³/mol. The number of fused-ring (bicyclic) bond motifs is 1. The van der Waals surface area contributed by atoms with Gasteiger partial charge in [0.2, 0.25) is 0 Å². The number of aliphatic carboxylic acids is 1. The number of rotatable bonds is 11. The minimum absolute atomic E-state index is 0.0441. The standard InChI is InChI=1S/C34H35N5O9S2/c1-5-20-23(29(43)44)39-27(42)22(38-26(41)24(40)21-16-49-31(35)37-21)28(39)50-34(20,17-36-32(46)48-33(2,3)4)30(45)47-25(18-12-8-6-9-13-18)19-14-10-7-11-15-19/h5-16,22,24-25,28,40H,1,17H2,2-4H3,(H2,35,37)(H,36,46)(H,38,41)(H,43,44)/t22?,24?,28-,34?/m0/s1. The summed E-state index contributed by atoms with van der Waals surface area (Å²) in [6.07, 6.45) is -2.55. The predicted octanol–water partition coefficient (Wildman–Crippen LogP) is 3.28. The number of aliphatic hydroxyl groups excluding tert-OH is 1. The largest absolute Gasteiger partial charge is 0.477 e. The average Bonchev–Trinajstić information content (AvgIpc) is 3.53. The SMILES string of the molecule is C=CC1=C(C(=O)O)N2C(=O)C(NC(=O)C(O)c3csc(N)n3)[C@@H]2SC1(CNC(=O)OC(C)(C)C)C(=O)OC(c1ccccc1)c1ccccc1. The van der Waals surface area contributed by atoms with Gasteiger partial charge in [-0.1, -0.05) is 73.3 Å². The third-order valence-corrected chi connectivity index (χ3v) is 10.1. The number of aliphatic hydroxyl groups is 1. The molecule has 3 aromatic rings. The highest BCUT2D eigenvalue weighted by Crippen LogP contribution is 2.52. The number of nitrogens with two attached hydrogens (primary N) is 1. The number of nitrogen functional groups attached to an aromatic ring is 1. The Hall–Kier alpha value is -5.19. The Labute approximate surface area is 295 Å². The monoisotopic (exact) mass is 721 g/mol. The molecule has 4 atom stereocenters. The van der Waals surface area contributed by atoms with E-state index in [9.17, 15) is 34.2 Å². The molecule has 1 fully saturated rings. The van der Waals surface area contributed by atoms with Crippen molar-refractivity contribution in [2.24, 2.45) is 0 Å². The van der Waals surface area contributed by atoms with E-state index in [1.807, 2.05) is 0 Å². The summed E-state index contributed by atoms with van der Waals surface area (Å²) in [4.78, 5) is 71.9. The van der Waals surface area contributed by atoms with Gasteiger partial charge in [0.25, 0.3) is 11.8 Å². The van der Waals surface area contributed by atoms with Crippen molar-refractivity contribution in [1.29, 1.82) is 0 Å². The van der Waals surface area contributed by atoms with Gasteiger partial charge in [-0.2, -0.15) is 0 Å². The van der Waals surface area contributed by atoms with E-state index >= 15 is 0 Å². The van der Waals surface area contributed by atoms with E-state index in [0.29, 0.717) is 11.1 Å². The molecular formula is C34H35N5O9S2. The van der Waals surface area contributed by atoms with Crippen LogP contribution in [0.5, 0.6) is 0 Å². The van der Waals surface area contributed by atoms with Crippen molar-refractivity contribution in [3.63, 3.8) is 0 Å². The highest BCUT2D eigenvalue weighted by Gasteiger charge is 2.63. The highest BCUT2D eigenvalue weighted by molar-refractivity contribution is 8.02. The van der Waals surface area contributed by atoms with Crippen LogP contribution in [0.1, 0.15) is 49.8 Å². The number of ether oxygens (including phenoxy) is 2. The molecule has 2 aliphatic heterocycles. The number of esters is 1. The van der Waals surface area contributed by atoms with Crippen molar-refractivity contribution >= 4 is 58.1 Å². The molecule has 262 valence electrons. The van der Waals surface area contributed by atoms with Crippen LogP contribution in [0, 0.1) is 0 Å². The van der Waals surface area contributed by atoms with Crippen molar-refractivity contribution < 1.29 is 43.7 Å². The summed E-state index contributed by atoms with van der Waals surface area (Å²) in [5.74, 6) is -4.35. The average molecular weight is 722 g/mol. The molecule has 2 aromatic carbocycles. The van der Waals surface area contributed by atoms with Gasteiger partial charge < -0.3 is 36.1 Å². The molecule has 0 bridgehead atoms. The van der Waals surface area contributed by atoms with Crippen molar-refractivity contribution in [1.82, 2.24) is 20.5 Å². The second-order valence-corrected chi connectivity index (χ2v) is 14.6. The fourth-order valence-corrected chi connectivity index (χ4v) is 7.72. The quantitative estimate of drug-likeness (QED) is 0.143. The van der Waals surface area contributed by atoms with Gasteiger partial charge >= 0.3 is 18.0 Å². The van der Waals surface area contributed by atoms with Gasteiger partial charge in [0.15, 0.2) is 22.1 Å². The van der Waals surface area contributed by atoms with Crippen LogP contribution in [0.4, 0.5) is 9.93 Å². The van der Waals surface area contributed by atoms with Crippen molar-refractivity contribution in [3.05, 3.63) is 107 Å². The summed E-state index contributed by atoms with van der Waals surface area (Å²) in [5, 5.41) is 26.4. The second-order valence-electron chi connectivity index (χ2n) is 12.3. The molecule has 50 heavy (non-hydrogen) atoms. The van der Waals surface area contributed by atoms with Crippen LogP contribution in [0.2, 0.25) is 0 Å².